The van der Waals surface area contributed by atoms with Crippen molar-refractivity contribution in [3.8, 4) is 0 Å². The molecule has 0 radical (unpaired) electrons. The van der Waals surface area contributed by atoms with Crippen LogP contribution in [0.2, 0.25) is 0 Å². The number of halogens is 1. The summed E-state index contributed by atoms with van der Waals surface area (Å²) in [6.07, 6.45) is 3.82. The first-order valence-electron chi connectivity index (χ1n) is 9.02. The number of rotatable bonds is 4. The topological polar surface area (TPSA) is 53.0 Å². The number of amidine groups is 1. The van der Waals surface area contributed by atoms with Gasteiger partial charge in [0.2, 0.25) is 5.91 Å². The molecule has 2 aliphatic carbocycles. The summed E-state index contributed by atoms with van der Waals surface area (Å²) in [5.41, 5.74) is 0.515. The summed E-state index contributed by atoms with van der Waals surface area (Å²) in [6, 6.07) is 7.98. The lowest BCUT2D eigenvalue weighted by Gasteiger charge is -2.41. The molecule has 0 N–H and O–H groups in total. The van der Waals surface area contributed by atoms with Gasteiger partial charge in [0.15, 0.2) is 0 Å². The van der Waals surface area contributed by atoms with Crippen molar-refractivity contribution in [1.29, 1.82) is 0 Å². The fourth-order valence-corrected chi connectivity index (χ4v) is 4.07. The van der Waals surface area contributed by atoms with Crippen LogP contribution in [0, 0.1) is 11.8 Å². The second-order valence-electron chi connectivity index (χ2n) is 7.77. The van der Waals surface area contributed by atoms with E-state index in [2.05, 4.69) is 15.9 Å². The van der Waals surface area contributed by atoms with Gasteiger partial charge in [0.25, 0.3) is 5.91 Å². The quantitative estimate of drug-likeness (QED) is 0.777. The average Bonchev–Trinajstić information content (AvgIpc) is 3.46. The fourth-order valence-electron chi connectivity index (χ4n) is 3.80. The molecule has 2 heterocycles. The molecule has 4 aliphatic rings. The first-order chi connectivity index (χ1) is 12.1. The average molecular weight is 402 g/mol. The van der Waals surface area contributed by atoms with E-state index in [0.29, 0.717) is 18.4 Å². The van der Waals surface area contributed by atoms with Crippen LogP contribution in [0.1, 0.15) is 31.2 Å². The van der Waals surface area contributed by atoms with Crippen molar-refractivity contribution < 1.29 is 9.59 Å². The van der Waals surface area contributed by atoms with Crippen LogP contribution in [0.15, 0.2) is 33.7 Å². The van der Waals surface area contributed by atoms with Crippen molar-refractivity contribution in [2.75, 3.05) is 19.6 Å². The van der Waals surface area contributed by atoms with Crippen LogP contribution in [-0.2, 0) is 9.59 Å². The van der Waals surface area contributed by atoms with Gasteiger partial charge in [-0.2, -0.15) is 0 Å². The lowest BCUT2D eigenvalue weighted by molar-refractivity contribution is -0.139. The maximum atomic E-state index is 12.9. The van der Waals surface area contributed by atoms with Crippen molar-refractivity contribution in [2.45, 2.75) is 31.2 Å². The third-order valence-corrected chi connectivity index (χ3v) is 6.21. The highest BCUT2D eigenvalue weighted by Crippen LogP contribution is 2.46. The van der Waals surface area contributed by atoms with Crippen LogP contribution in [0.4, 0.5) is 0 Å². The van der Waals surface area contributed by atoms with Gasteiger partial charge >= 0.3 is 0 Å². The Bertz CT molecular complexity index is 774. The van der Waals surface area contributed by atoms with Crippen LogP contribution in [-0.4, -0.2) is 52.6 Å². The largest absolute Gasteiger partial charge is 0.342 e. The number of hydrogen-bond donors (Lipinski definition) is 0. The summed E-state index contributed by atoms with van der Waals surface area (Å²) in [5, 5.41) is 0. The number of carbonyl (C=O) groups is 2. The normalized spacial score (nSPS) is 24.5. The number of benzene rings is 1. The van der Waals surface area contributed by atoms with E-state index in [-0.39, 0.29) is 11.8 Å². The SMILES string of the molecule is O=C(C1CC1)N1CC(CN2C(=O)C3(CC3)N=C2c2ccc(Br)cc2)C1. The molecule has 1 aromatic carbocycles. The molecule has 1 aromatic rings. The molecule has 0 atom stereocenters. The summed E-state index contributed by atoms with van der Waals surface area (Å²) < 4.78 is 1.02. The molecule has 0 aromatic heterocycles. The summed E-state index contributed by atoms with van der Waals surface area (Å²) in [6.45, 7) is 2.23. The molecule has 5 rings (SSSR count). The van der Waals surface area contributed by atoms with Gasteiger partial charge in [-0.25, -0.2) is 0 Å². The molecule has 5 nitrogen and oxygen atoms in total. The Morgan fingerprint density at radius 2 is 1.88 bits per heavy atom. The van der Waals surface area contributed by atoms with Crippen LogP contribution < -0.4 is 0 Å². The Morgan fingerprint density at radius 1 is 1.20 bits per heavy atom. The maximum absolute atomic E-state index is 12.9. The summed E-state index contributed by atoms with van der Waals surface area (Å²) in [5.74, 6) is 1.91. The molecule has 0 unspecified atom stereocenters. The van der Waals surface area contributed by atoms with Crippen LogP contribution in [0.5, 0.6) is 0 Å². The lowest BCUT2D eigenvalue weighted by Crippen LogP contribution is -2.55. The highest BCUT2D eigenvalue weighted by Gasteiger charge is 2.57. The second kappa shape index (κ2) is 5.40. The molecular weight excluding hydrogens is 382 g/mol. The van der Waals surface area contributed by atoms with Gasteiger partial charge in [-0.1, -0.05) is 28.1 Å². The highest BCUT2D eigenvalue weighted by molar-refractivity contribution is 9.10. The predicted octanol–water partition coefficient (Wildman–Crippen LogP) is 2.44. The van der Waals surface area contributed by atoms with Crippen LogP contribution in [0.3, 0.4) is 0 Å². The van der Waals surface area contributed by atoms with Crippen molar-refractivity contribution in [2.24, 2.45) is 16.8 Å². The smallest absolute Gasteiger partial charge is 0.256 e. The first-order valence-corrected chi connectivity index (χ1v) is 9.82. The molecule has 2 aliphatic heterocycles. The number of likely N-dealkylation sites (tertiary alicyclic amines) is 1. The van der Waals surface area contributed by atoms with Crippen molar-refractivity contribution >= 4 is 33.6 Å². The van der Waals surface area contributed by atoms with E-state index in [1.54, 1.807) is 0 Å². The minimum atomic E-state index is -0.477. The Labute approximate surface area is 155 Å². The van der Waals surface area contributed by atoms with Crippen LogP contribution >= 0.6 is 15.9 Å². The summed E-state index contributed by atoms with van der Waals surface area (Å²) in [7, 11) is 0. The summed E-state index contributed by atoms with van der Waals surface area (Å²) in [4.78, 5) is 33.6. The molecular formula is C19H20BrN3O2. The Morgan fingerprint density at radius 3 is 2.48 bits per heavy atom. The Balaban J connectivity index is 1.31. The van der Waals surface area contributed by atoms with E-state index >= 15 is 0 Å². The molecule has 2 amide bonds. The molecule has 130 valence electrons. The number of aliphatic imine (C=N–C) groups is 1. The molecule has 1 saturated heterocycles. The number of amides is 2. The van der Waals surface area contributed by atoms with E-state index in [1.807, 2.05) is 34.1 Å². The zero-order valence-electron chi connectivity index (χ0n) is 13.9. The molecule has 25 heavy (non-hydrogen) atoms. The van der Waals surface area contributed by atoms with E-state index in [0.717, 1.165) is 54.6 Å². The molecule has 0 bridgehead atoms. The van der Waals surface area contributed by atoms with Crippen molar-refractivity contribution in [3.63, 3.8) is 0 Å². The minimum absolute atomic E-state index is 0.150. The Kier molecular flexibility index (Phi) is 3.36. The summed E-state index contributed by atoms with van der Waals surface area (Å²) >= 11 is 3.46. The van der Waals surface area contributed by atoms with Gasteiger partial charge in [0.1, 0.15) is 11.4 Å². The second-order valence-corrected chi connectivity index (χ2v) is 8.69. The van der Waals surface area contributed by atoms with Crippen molar-refractivity contribution in [1.82, 2.24) is 9.80 Å². The minimum Gasteiger partial charge on any atom is -0.342 e. The number of hydrogen-bond acceptors (Lipinski definition) is 3. The zero-order chi connectivity index (χ0) is 17.2. The van der Waals surface area contributed by atoms with Gasteiger partial charge < -0.3 is 4.90 Å². The van der Waals surface area contributed by atoms with E-state index in [1.165, 1.54) is 0 Å². The molecule has 1 spiro atoms. The highest BCUT2D eigenvalue weighted by atomic mass is 79.9. The van der Waals surface area contributed by atoms with Gasteiger partial charge in [0, 0.05) is 41.5 Å². The van der Waals surface area contributed by atoms with Gasteiger partial charge in [0.05, 0.1) is 0 Å². The molecule has 3 fully saturated rings. The monoisotopic (exact) mass is 401 g/mol. The standard InChI is InChI=1S/C19H20BrN3O2/c20-15-5-3-13(4-6-15)16-21-19(7-8-19)18(25)23(16)11-12-9-22(10-12)17(24)14-1-2-14/h3-6,12,14H,1-2,7-11H2. The predicted molar refractivity (Wildman–Crippen MR) is 97.2 cm³/mol. The van der Waals surface area contributed by atoms with Gasteiger partial charge in [-0.3, -0.25) is 19.5 Å². The number of carbonyl (C=O) groups excluding carboxylic acids is 2. The van der Waals surface area contributed by atoms with Gasteiger partial charge in [-0.15, -0.1) is 0 Å². The first kappa shape index (κ1) is 15.6. The van der Waals surface area contributed by atoms with E-state index in [9.17, 15) is 9.59 Å². The maximum Gasteiger partial charge on any atom is 0.256 e. The van der Waals surface area contributed by atoms with Crippen molar-refractivity contribution in [3.05, 3.63) is 34.3 Å². The third kappa shape index (κ3) is 2.62. The lowest BCUT2D eigenvalue weighted by atomic mass is 9.98. The Hall–Kier alpha value is -1.69. The third-order valence-electron chi connectivity index (χ3n) is 5.68. The molecule has 6 heteroatoms. The van der Waals surface area contributed by atoms with E-state index in [4.69, 9.17) is 4.99 Å². The number of nitrogens with zero attached hydrogens (tertiary/aromatic N) is 3. The fraction of sp³-hybridized carbons (Fsp3) is 0.526. The van der Waals surface area contributed by atoms with Gasteiger partial charge in [-0.05, 0) is 37.8 Å². The molecule has 2 saturated carbocycles. The van der Waals surface area contributed by atoms with Crippen LogP contribution in [0.25, 0.3) is 0 Å². The zero-order valence-corrected chi connectivity index (χ0v) is 15.5. The van der Waals surface area contributed by atoms with E-state index < -0.39 is 5.54 Å².